The lowest BCUT2D eigenvalue weighted by atomic mass is 10.2. The number of rotatable bonds is 8. The van der Waals surface area contributed by atoms with Crippen LogP contribution in [0.25, 0.3) is 0 Å². The van der Waals surface area contributed by atoms with E-state index in [2.05, 4.69) is 15.3 Å². The predicted molar refractivity (Wildman–Crippen MR) is 118 cm³/mol. The lowest BCUT2D eigenvalue weighted by Crippen LogP contribution is -2.02. The lowest BCUT2D eigenvalue weighted by Gasteiger charge is -2.14. The van der Waals surface area contributed by atoms with Crippen molar-refractivity contribution >= 4 is 41.6 Å². The second kappa shape index (κ2) is 9.91. The van der Waals surface area contributed by atoms with Crippen molar-refractivity contribution in [1.82, 2.24) is 14.9 Å². The molecule has 0 fully saturated rings. The van der Waals surface area contributed by atoms with Crippen molar-refractivity contribution in [2.75, 3.05) is 6.61 Å². The zero-order valence-electron chi connectivity index (χ0n) is 16.0. The zero-order chi connectivity index (χ0) is 20.8. The minimum Gasteiger partial charge on any atom is -0.490 e. The number of hydrogen-bond donors (Lipinski definition) is 1. The Morgan fingerprint density at radius 2 is 1.90 bits per heavy atom. The molecule has 0 bridgehead atoms. The van der Waals surface area contributed by atoms with E-state index in [1.165, 1.54) is 0 Å². The number of aryl methyl sites for hydroxylation is 1. The van der Waals surface area contributed by atoms with Crippen molar-refractivity contribution in [2.45, 2.75) is 26.9 Å². The molecule has 0 aliphatic carbocycles. The molecule has 152 valence electrons. The van der Waals surface area contributed by atoms with E-state index in [-0.39, 0.29) is 6.61 Å². The average molecular weight is 451 g/mol. The van der Waals surface area contributed by atoms with Crippen molar-refractivity contribution in [3.63, 3.8) is 0 Å². The van der Waals surface area contributed by atoms with E-state index >= 15 is 0 Å². The fourth-order valence-electron chi connectivity index (χ4n) is 2.61. The smallest absolute Gasteiger partial charge is 0.216 e. The first kappa shape index (κ1) is 21.4. The molecule has 0 amide bonds. The molecular formula is C20H20Cl2N4O2S. The molecule has 29 heavy (non-hydrogen) atoms. The van der Waals surface area contributed by atoms with Gasteiger partial charge in [0, 0.05) is 22.0 Å². The molecule has 0 radical (unpaired) electrons. The molecule has 1 heterocycles. The van der Waals surface area contributed by atoms with Gasteiger partial charge in [0.15, 0.2) is 17.3 Å². The summed E-state index contributed by atoms with van der Waals surface area (Å²) in [6, 6.07) is 10.9. The molecular weight excluding hydrogens is 431 g/mol. The highest BCUT2D eigenvalue weighted by Crippen LogP contribution is 2.31. The second-order valence-electron chi connectivity index (χ2n) is 5.98. The van der Waals surface area contributed by atoms with E-state index in [0.717, 1.165) is 17.0 Å². The van der Waals surface area contributed by atoms with Gasteiger partial charge < -0.3 is 9.47 Å². The number of benzene rings is 2. The maximum Gasteiger partial charge on any atom is 0.216 e. The van der Waals surface area contributed by atoms with Gasteiger partial charge in [-0.1, -0.05) is 36.2 Å². The Balaban J connectivity index is 1.82. The Morgan fingerprint density at radius 1 is 1.14 bits per heavy atom. The Labute approximate surface area is 184 Å². The molecule has 0 saturated heterocycles. The van der Waals surface area contributed by atoms with Crippen LogP contribution < -0.4 is 9.47 Å². The number of H-pyrrole nitrogens is 1. The topological polar surface area (TPSA) is 64.4 Å². The molecule has 0 aliphatic rings. The summed E-state index contributed by atoms with van der Waals surface area (Å²) in [6.07, 6.45) is 2.41. The molecule has 3 aromatic rings. The van der Waals surface area contributed by atoms with Crippen LogP contribution in [0.1, 0.15) is 30.8 Å². The molecule has 1 N–H and O–H groups in total. The minimum atomic E-state index is 0.232. The molecule has 0 aliphatic heterocycles. The summed E-state index contributed by atoms with van der Waals surface area (Å²) in [5, 5.41) is 12.4. The number of halogens is 2. The van der Waals surface area contributed by atoms with Gasteiger partial charge in [0.1, 0.15) is 6.61 Å². The Hall–Kier alpha value is -2.35. The van der Waals surface area contributed by atoms with Gasteiger partial charge >= 0.3 is 0 Å². The number of nitrogens with one attached hydrogen (secondary N) is 1. The van der Waals surface area contributed by atoms with Crippen molar-refractivity contribution in [3.8, 4) is 11.5 Å². The molecule has 1 aromatic heterocycles. The van der Waals surface area contributed by atoms with Gasteiger partial charge in [-0.3, -0.25) is 5.10 Å². The highest BCUT2D eigenvalue weighted by molar-refractivity contribution is 7.71. The highest BCUT2D eigenvalue weighted by Gasteiger charge is 2.10. The standard InChI is InChI=1S/C20H20Cl2N4O2S/c1-3-19-24-25-20(29)26(19)23-11-13-8-9-17(18(10-13)27-4-2)28-12-14-15(21)6-5-7-16(14)22/h5-11H,3-4,12H2,1-2H3,(H,25,29)/b23-11-. The van der Waals surface area contributed by atoms with Crippen molar-refractivity contribution in [3.05, 3.63) is 68.2 Å². The van der Waals surface area contributed by atoms with E-state index < -0.39 is 0 Å². The first-order valence-corrected chi connectivity index (χ1v) is 10.2. The Kier molecular flexibility index (Phi) is 7.30. The number of hydrogen-bond acceptors (Lipinski definition) is 5. The van der Waals surface area contributed by atoms with Gasteiger partial charge in [-0.25, -0.2) is 0 Å². The van der Waals surface area contributed by atoms with Crippen LogP contribution in [0.5, 0.6) is 11.5 Å². The Bertz CT molecular complexity index is 1060. The van der Waals surface area contributed by atoms with E-state index in [4.69, 9.17) is 44.9 Å². The van der Waals surface area contributed by atoms with Crippen LogP contribution in [0.4, 0.5) is 0 Å². The van der Waals surface area contributed by atoms with E-state index in [1.54, 1.807) is 29.1 Å². The third kappa shape index (κ3) is 5.18. The third-order valence-electron chi connectivity index (χ3n) is 4.06. The number of ether oxygens (including phenoxy) is 2. The SMILES string of the molecule is CCOc1cc(/C=N\n2c(CC)n[nH]c2=S)ccc1OCc1c(Cl)cccc1Cl. The molecule has 0 saturated carbocycles. The average Bonchev–Trinajstić information content (AvgIpc) is 3.07. The summed E-state index contributed by atoms with van der Waals surface area (Å²) in [4.78, 5) is 0. The van der Waals surface area contributed by atoms with Crippen molar-refractivity contribution < 1.29 is 9.47 Å². The molecule has 2 aromatic carbocycles. The summed E-state index contributed by atoms with van der Waals surface area (Å²) < 4.78 is 13.7. The zero-order valence-corrected chi connectivity index (χ0v) is 18.3. The largest absolute Gasteiger partial charge is 0.490 e. The van der Waals surface area contributed by atoms with Gasteiger partial charge in [-0.15, -0.1) is 0 Å². The number of nitrogens with zero attached hydrogens (tertiary/aromatic N) is 3. The molecule has 3 rings (SSSR count). The fraction of sp³-hybridized carbons (Fsp3) is 0.250. The molecule has 9 heteroatoms. The van der Waals surface area contributed by atoms with E-state index in [0.29, 0.717) is 39.3 Å². The summed E-state index contributed by atoms with van der Waals surface area (Å²) in [5.74, 6) is 1.95. The molecule has 0 atom stereocenters. The maximum atomic E-state index is 6.22. The quantitative estimate of drug-likeness (QED) is 0.354. The summed E-state index contributed by atoms with van der Waals surface area (Å²) >= 11 is 17.6. The third-order valence-corrected chi connectivity index (χ3v) is 5.03. The van der Waals surface area contributed by atoms with E-state index in [1.807, 2.05) is 32.0 Å². The normalized spacial score (nSPS) is 11.2. The van der Waals surface area contributed by atoms with Crippen LogP contribution in [0.3, 0.4) is 0 Å². The van der Waals surface area contributed by atoms with E-state index in [9.17, 15) is 0 Å². The molecule has 0 unspecified atom stereocenters. The summed E-state index contributed by atoms with van der Waals surface area (Å²) in [5.41, 5.74) is 1.56. The maximum absolute atomic E-state index is 6.22. The first-order valence-electron chi connectivity index (χ1n) is 9.06. The van der Waals surface area contributed by atoms with Gasteiger partial charge in [0.05, 0.1) is 12.8 Å². The summed E-state index contributed by atoms with van der Waals surface area (Å²) in [6.45, 7) is 4.63. The van der Waals surface area contributed by atoms with Crippen LogP contribution in [-0.2, 0) is 13.0 Å². The van der Waals surface area contributed by atoms with Crippen LogP contribution in [0, 0.1) is 4.77 Å². The Morgan fingerprint density at radius 3 is 2.59 bits per heavy atom. The minimum absolute atomic E-state index is 0.232. The van der Waals surface area contributed by atoms with Crippen molar-refractivity contribution in [2.24, 2.45) is 5.10 Å². The molecule has 0 spiro atoms. The second-order valence-corrected chi connectivity index (χ2v) is 7.18. The van der Waals surface area contributed by atoms with Crippen molar-refractivity contribution in [1.29, 1.82) is 0 Å². The number of aromatic amines is 1. The van der Waals surface area contributed by atoms with Gasteiger partial charge in [0.2, 0.25) is 4.77 Å². The number of aromatic nitrogens is 3. The predicted octanol–water partition coefficient (Wildman–Crippen LogP) is 5.67. The van der Waals surface area contributed by atoms with Crippen LogP contribution in [0.2, 0.25) is 10.0 Å². The first-order chi connectivity index (χ1) is 14.0. The van der Waals surface area contributed by atoms with Crippen LogP contribution >= 0.6 is 35.4 Å². The monoisotopic (exact) mass is 450 g/mol. The fourth-order valence-corrected chi connectivity index (χ4v) is 3.31. The van der Waals surface area contributed by atoms with Crippen LogP contribution in [-0.4, -0.2) is 27.7 Å². The highest BCUT2D eigenvalue weighted by atomic mass is 35.5. The van der Waals surface area contributed by atoms with Gasteiger partial charge in [-0.05, 0) is 55.0 Å². The van der Waals surface area contributed by atoms with Gasteiger partial charge in [0.25, 0.3) is 0 Å². The van der Waals surface area contributed by atoms with Gasteiger partial charge in [-0.2, -0.15) is 14.9 Å². The van der Waals surface area contributed by atoms with Crippen LogP contribution in [0.15, 0.2) is 41.5 Å². The molecule has 6 nitrogen and oxygen atoms in total. The lowest BCUT2D eigenvalue weighted by molar-refractivity contribution is 0.269. The summed E-state index contributed by atoms with van der Waals surface area (Å²) in [7, 11) is 0.